The van der Waals surface area contributed by atoms with Crippen LogP contribution in [0, 0.1) is 5.82 Å². The Morgan fingerprint density at radius 1 is 1.47 bits per heavy atom. The van der Waals surface area contributed by atoms with Gasteiger partial charge in [0.05, 0.1) is 19.0 Å². The maximum atomic E-state index is 13.2. The van der Waals surface area contributed by atoms with E-state index in [4.69, 9.17) is 4.74 Å². The van der Waals surface area contributed by atoms with Gasteiger partial charge in [0.15, 0.2) is 0 Å². The second-order valence-electron chi connectivity index (χ2n) is 3.95. The third-order valence-electron chi connectivity index (χ3n) is 2.70. The Bertz CT molecular complexity index is 485. The summed E-state index contributed by atoms with van der Waals surface area (Å²) in [6.07, 6.45) is 2.36. The molecular formula is C12H14FN3O. The van der Waals surface area contributed by atoms with Crippen molar-refractivity contribution in [1.29, 1.82) is 0 Å². The minimum absolute atomic E-state index is 0.116. The molecule has 17 heavy (non-hydrogen) atoms. The van der Waals surface area contributed by atoms with Gasteiger partial charge < -0.3 is 4.74 Å². The van der Waals surface area contributed by atoms with E-state index in [1.807, 2.05) is 6.92 Å². The Morgan fingerprint density at radius 2 is 2.29 bits per heavy atom. The largest absolute Gasteiger partial charge is 0.496 e. The highest BCUT2D eigenvalue weighted by molar-refractivity contribution is 5.37. The Morgan fingerprint density at radius 3 is 2.94 bits per heavy atom. The van der Waals surface area contributed by atoms with Gasteiger partial charge in [-0.3, -0.25) is 0 Å². The Balaban J connectivity index is 2.23. The number of hydrogen-bond donors (Lipinski definition) is 1. The predicted molar refractivity (Wildman–Crippen MR) is 61.5 cm³/mol. The topological polar surface area (TPSA) is 50.8 Å². The van der Waals surface area contributed by atoms with E-state index in [9.17, 15) is 4.39 Å². The number of nitrogens with one attached hydrogen (secondary N) is 1. The fourth-order valence-corrected chi connectivity index (χ4v) is 1.84. The van der Waals surface area contributed by atoms with Gasteiger partial charge in [-0.25, -0.2) is 4.39 Å². The van der Waals surface area contributed by atoms with Gasteiger partial charge >= 0.3 is 0 Å². The zero-order valence-corrected chi connectivity index (χ0v) is 9.77. The molecule has 0 aliphatic carbocycles. The molecule has 4 nitrogen and oxygen atoms in total. The molecule has 1 heterocycles. The van der Waals surface area contributed by atoms with Crippen LogP contribution in [0.2, 0.25) is 0 Å². The third kappa shape index (κ3) is 2.61. The first-order valence-electron chi connectivity index (χ1n) is 5.38. The number of methoxy groups -OCH3 is 1. The zero-order chi connectivity index (χ0) is 12.3. The number of aromatic amines is 1. The van der Waals surface area contributed by atoms with Gasteiger partial charge in [-0.2, -0.15) is 15.4 Å². The Hall–Kier alpha value is -1.91. The maximum absolute atomic E-state index is 13.2. The number of nitrogens with zero attached hydrogens (tertiary/aromatic N) is 2. The van der Waals surface area contributed by atoms with Gasteiger partial charge in [0.1, 0.15) is 11.6 Å². The quantitative estimate of drug-likeness (QED) is 0.884. The molecule has 0 bridgehead atoms. The number of H-pyrrole nitrogens is 1. The molecule has 2 aromatic rings. The molecule has 0 amide bonds. The van der Waals surface area contributed by atoms with Crippen molar-refractivity contribution in [3.63, 3.8) is 0 Å². The van der Waals surface area contributed by atoms with Crippen LogP contribution in [0.5, 0.6) is 5.75 Å². The molecule has 2 rings (SSSR count). The molecule has 0 fully saturated rings. The minimum Gasteiger partial charge on any atom is -0.496 e. The lowest BCUT2D eigenvalue weighted by atomic mass is 9.95. The average molecular weight is 235 g/mol. The van der Waals surface area contributed by atoms with Crippen LogP contribution in [0.3, 0.4) is 0 Å². The van der Waals surface area contributed by atoms with Crippen molar-refractivity contribution in [3.05, 3.63) is 41.5 Å². The van der Waals surface area contributed by atoms with Gasteiger partial charge in [0.25, 0.3) is 0 Å². The highest BCUT2D eigenvalue weighted by atomic mass is 19.1. The maximum Gasteiger partial charge on any atom is 0.123 e. The molecule has 1 atom stereocenters. The van der Waals surface area contributed by atoms with E-state index in [2.05, 4.69) is 15.4 Å². The molecule has 1 N–H and O–H groups in total. The first kappa shape index (κ1) is 11.6. The Kier molecular flexibility index (Phi) is 3.37. The summed E-state index contributed by atoms with van der Waals surface area (Å²) in [5, 5.41) is 10.3. The summed E-state index contributed by atoms with van der Waals surface area (Å²) < 4.78 is 18.5. The number of halogens is 1. The molecule has 0 radical (unpaired) electrons. The van der Waals surface area contributed by atoms with Gasteiger partial charge in [-0.15, -0.1) is 0 Å². The van der Waals surface area contributed by atoms with Crippen molar-refractivity contribution in [3.8, 4) is 5.75 Å². The van der Waals surface area contributed by atoms with Crippen LogP contribution in [0.25, 0.3) is 0 Å². The van der Waals surface area contributed by atoms with Crippen LogP contribution in [0.1, 0.15) is 24.1 Å². The summed E-state index contributed by atoms with van der Waals surface area (Å²) in [5.41, 5.74) is 1.69. The molecule has 1 aromatic heterocycles. The molecule has 90 valence electrons. The summed E-state index contributed by atoms with van der Waals surface area (Å²) in [6, 6.07) is 4.54. The lowest BCUT2D eigenvalue weighted by Crippen LogP contribution is -2.02. The molecule has 1 aromatic carbocycles. The fourth-order valence-electron chi connectivity index (χ4n) is 1.84. The van der Waals surface area contributed by atoms with E-state index in [1.165, 1.54) is 12.1 Å². The number of aromatic nitrogens is 3. The fraction of sp³-hybridized carbons (Fsp3) is 0.333. The molecule has 1 unspecified atom stereocenters. The van der Waals surface area contributed by atoms with Gasteiger partial charge in [0, 0.05) is 5.56 Å². The number of benzene rings is 1. The summed E-state index contributed by atoms with van der Waals surface area (Å²) >= 11 is 0. The first-order valence-corrected chi connectivity index (χ1v) is 5.38. The van der Waals surface area contributed by atoms with Crippen LogP contribution in [0.15, 0.2) is 24.4 Å². The molecule has 0 aliphatic rings. The SMILES string of the molecule is COc1ccc(F)cc1C(C)Cc1cn[nH]n1. The molecule has 0 saturated carbocycles. The summed E-state index contributed by atoms with van der Waals surface area (Å²) in [4.78, 5) is 0. The normalized spacial score (nSPS) is 12.4. The molecule has 0 spiro atoms. The summed E-state index contributed by atoms with van der Waals surface area (Å²) in [7, 11) is 1.58. The van der Waals surface area contributed by atoms with Crippen molar-refractivity contribution in [2.24, 2.45) is 0 Å². The summed E-state index contributed by atoms with van der Waals surface area (Å²) in [5.74, 6) is 0.556. The number of ether oxygens (including phenoxy) is 1. The molecule has 5 heteroatoms. The highest BCUT2D eigenvalue weighted by Crippen LogP contribution is 2.29. The van der Waals surface area contributed by atoms with E-state index in [1.54, 1.807) is 19.4 Å². The summed E-state index contributed by atoms with van der Waals surface area (Å²) in [6.45, 7) is 2.01. The van der Waals surface area contributed by atoms with E-state index in [0.717, 1.165) is 11.3 Å². The zero-order valence-electron chi connectivity index (χ0n) is 9.77. The monoisotopic (exact) mass is 235 g/mol. The second-order valence-corrected chi connectivity index (χ2v) is 3.95. The van der Waals surface area contributed by atoms with E-state index in [0.29, 0.717) is 12.2 Å². The molecule has 0 saturated heterocycles. The lowest BCUT2D eigenvalue weighted by molar-refractivity contribution is 0.404. The minimum atomic E-state index is -0.257. The third-order valence-corrected chi connectivity index (χ3v) is 2.70. The van der Waals surface area contributed by atoms with Gasteiger partial charge in [0.2, 0.25) is 0 Å². The molecular weight excluding hydrogens is 221 g/mol. The standard InChI is InChI=1S/C12H14FN3O/c1-8(5-10-7-14-16-15-10)11-6-9(13)3-4-12(11)17-2/h3-4,6-8H,5H2,1-2H3,(H,14,15,16). The van der Waals surface area contributed by atoms with Crippen molar-refractivity contribution < 1.29 is 9.13 Å². The van der Waals surface area contributed by atoms with Crippen LogP contribution in [-0.2, 0) is 6.42 Å². The highest BCUT2D eigenvalue weighted by Gasteiger charge is 2.14. The van der Waals surface area contributed by atoms with Crippen molar-refractivity contribution in [2.45, 2.75) is 19.3 Å². The van der Waals surface area contributed by atoms with Crippen LogP contribution < -0.4 is 4.74 Å². The first-order chi connectivity index (χ1) is 8.20. The van der Waals surface area contributed by atoms with Crippen molar-refractivity contribution >= 4 is 0 Å². The van der Waals surface area contributed by atoms with Crippen LogP contribution in [-0.4, -0.2) is 22.5 Å². The van der Waals surface area contributed by atoms with E-state index >= 15 is 0 Å². The number of rotatable bonds is 4. The van der Waals surface area contributed by atoms with Gasteiger partial charge in [-0.05, 0) is 30.5 Å². The van der Waals surface area contributed by atoms with Gasteiger partial charge in [-0.1, -0.05) is 6.92 Å². The van der Waals surface area contributed by atoms with Crippen molar-refractivity contribution in [1.82, 2.24) is 15.4 Å². The van der Waals surface area contributed by atoms with Crippen LogP contribution in [0.4, 0.5) is 4.39 Å². The second kappa shape index (κ2) is 4.95. The Labute approximate surface area is 98.8 Å². The van der Waals surface area contributed by atoms with Crippen molar-refractivity contribution in [2.75, 3.05) is 7.11 Å². The number of hydrogen-bond acceptors (Lipinski definition) is 3. The van der Waals surface area contributed by atoms with E-state index in [-0.39, 0.29) is 11.7 Å². The molecule has 0 aliphatic heterocycles. The smallest absolute Gasteiger partial charge is 0.123 e. The lowest BCUT2D eigenvalue weighted by Gasteiger charge is -2.14. The predicted octanol–water partition coefficient (Wildman–Crippen LogP) is 2.30. The van der Waals surface area contributed by atoms with Crippen LogP contribution >= 0.6 is 0 Å². The van der Waals surface area contributed by atoms with E-state index < -0.39 is 0 Å². The average Bonchev–Trinajstić information content (AvgIpc) is 2.81.